The van der Waals surface area contributed by atoms with Gasteiger partial charge in [0.25, 0.3) is 0 Å². The second kappa shape index (κ2) is 9.97. The minimum atomic E-state index is -3.80. The van der Waals surface area contributed by atoms with Gasteiger partial charge in [-0.2, -0.15) is 0 Å². The van der Waals surface area contributed by atoms with Crippen molar-refractivity contribution < 1.29 is 17.2 Å². The van der Waals surface area contributed by atoms with E-state index in [1.807, 2.05) is 50.2 Å². The normalized spacial score (nSPS) is 11.3. The smallest absolute Gasteiger partial charge is 0.232 e. The molecule has 0 amide bonds. The lowest BCUT2D eigenvalue weighted by atomic mass is 9.91. The van der Waals surface area contributed by atoms with Crippen molar-refractivity contribution >= 4 is 21.4 Å². The van der Waals surface area contributed by atoms with Crippen molar-refractivity contribution in [2.45, 2.75) is 27.7 Å². The average molecular weight is 485 g/mol. The molecule has 0 saturated heterocycles. The van der Waals surface area contributed by atoms with Crippen LogP contribution < -0.4 is 9.62 Å². The molecule has 0 radical (unpaired) electrons. The molecule has 3 aromatic rings. The van der Waals surface area contributed by atoms with Crippen LogP contribution in [0.2, 0.25) is 0 Å². The molecule has 7 heteroatoms. The molecule has 3 rings (SSSR count). The van der Waals surface area contributed by atoms with E-state index in [1.54, 1.807) is 0 Å². The largest absolute Gasteiger partial charge is 0.382 e. The lowest BCUT2D eigenvalue weighted by Gasteiger charge is -2.19. The van der Waals surface area contributed by atoms with Gasteiger partial charge in [-0.3, -0.25) is 4.31 Å². The Hall–Kier alpha value is -3.19. The van der Waals surface area contributed by atoms with Gasteiger partial charge in [0.1, 0.15) is 5.69 Å². The second-order valence-corrected chi connectivity index (χ2v) is 10.8. The Labute approximate surface area is 201 Å². The van der Waals surface area contributed by atoms with Gasteiger partial charge in [-0.05, 0) is 85.3 Å². The van der Waals surface area contributed by atoms with Gasteiger partial charge < -0.3 is 5.32 Å². The third-order valence-electron chi connectivity index (χ3n) is 5.72. The predicted octanol–water partition coefficient (Wildman–Crippen LogP) is 6.69. The number of nitrogens with one attached hydrogen (secondary N) is 1. The fraction of sp³-hybridized carbons (Fsp3) is 0.259. The summed E-state index contributed by atoms with van der Waals surface area (Å²) in [5.74, 6) is -1.86. The molecule has 4 nitrogen and oxygen atoms in total. The SMILES string of the molecule is CC(C)=CCNc1ccc(-c2cc(C)c(-c3cc(F)c(N(C)S(C)(=O)=O)c(F)c3)cc2C)cc1. The zero-order chi connectivity index (χ0) is 25.2. The summed E-state index contributed by atoms with van der Waals surface area (Å²) in [4.78, 5) is 0. The highest BCUT2D eigenvalue weighted by Crippen LogP contribution is 2.35. The van der Waals surface area contributed by atoms with Crippen LogP contribution in [0.5, 0.6) is 0 Å². The fourth-order valence-electron chi connectivity index (χ4n) is 3.77. The van der Waals surface area contributed by atoms with Gasteiger partial charge in [0.05, 0.1) is 6.26 Å². The molecule has 0 aliphatic heterocycles. The number of allylic oxidation sites excluding steroid dienone is 1. The van der Waals surface area contributed by atoms with E-state index in [0.717, 1.165) is 47.8 Å². The number of aryl methyl sites for hydroxylation is 2. The number of hydrogen-bond acceptors (Lipinski definition) is 3. The maximum absolute atomic E-state index is 14.8. The fourth-order valence-corrected chi connectivity index (χ4v) is 4.27. The van der Waals surface area contributed by atoms with Crippen LogP contribution in [-0.2, 0) is 10.0 Å². The van der Waals surface area contributed by atoms with Crippen LogP contribution in [0.1, 0.15) is 25.0 Å². The van der Waals surface area contributed by atoms with Crippen molar-refractivity contribution in [1.82, 2.24) is 0 Å². The lowest BCUT2D eigenvalue weighted by Crippen LogP contribution is -2.26. The number of sulfonamides is 1. The first-order chi connectivity index (χ1) is 15.9. The van der Waals surface area contributed by atoms with Crippen molar-refractivity contribution in [3.05, 3.63) is 82.9 Å². The number of rotatable bonds is 7. The van der Waals surface area contributed by atoms with Crippen LogP contribution in [0.3, 0.4) is 0 Å². The zero-order valence-electron chi connectivity index (χ0n) is 20.3. The first-order valence-electron chi connectivity index (χ1n) is 10.9. The summed E-state index contributed by atoms with van der Waals surface area (Å²) in [7, 11) is -2.67. The number of benzene rings is 3. The number of nitrogens with zero attached hydrogens (tertiary/aromatic N) is 1. The molecule has 0 spiro atoms. The van der Waals surface area contributed by atoms with Gasteiger partial charge in [0.2, 0.25) is 10.0 Å². The summed E-state index contributed by atoms with van der Waals surface area (Å²) < 4.78 is 53.6. The topological polar surface area (TPSA) is 49.4 Å². The van der Waals surface area contributed by atoms with Crippen molar-refractivity contribution in [2.24, 2.45) is 0 Å². The molecule has 0 bridgehead atoms. The summed E-state index contributed by atoms with van der Waals surface area (Å²) in [6.07, 6.45) is 3.02. The highest BCUT2D eigenvalue weighted by atomic mass is 32.2. The van der Waals surface area contributed by atoms with E-state index in [0.29, 0.717) is 15.4 Å². The third-order valence-corrected chi connectivity index (χ3v) is 6.90. The Morgan fingerprint density at radius 3 is 1.88 bits per heavy atom. The van der Waals surface area contributed by atoms with E-state index in [4.69, 9.17) is 0 Å². The second-order valence-electron chi connectivity index (χ2n) is 8.74. The van der Waals surface area contributed by atoms with Gasteiger partial charge in [-0.25, -0.2) is 17.2 Å². The molecule has 0 unspecified atom stereocenters. The molecule has 34 heavy (non-hydrogen) atoms. The molecule has 0 heterocycles. The first kappa shape index (κ1) is 25.4. The van der Waals surface area contributed by atoms with Crippen LogP contribution >= 0.6 is 0 Å². The average Bonchev–Trinajstić information content (AvgIpc) is 2.74. The number of halogens is 2. The monoisotopic (exact) mass is 484 g/mol. The zero-order valence-corrected chi connectivity index (χ0v) is 21.1. The van der Waals surface area contributed by atoms with E-state index >= 15 is 0 Å². The van der Waals surface area contributed by atoms with E-state index < -0.39 is 27.3 Å². The van der Waals surface area contributed by atoms with Crippen molar-refractivity contribution in [2.75, 3.05) is 29.5 Å². The molecule has 0 aliphatic rings. The maximum Gasteiger partial charge on any atom is 0.232 e. The van der Waals surface area contributed by atoms with E-state index in [-0.39, 0.29) is 0 Å². The minimum absolute atomic E-state index is 0.353. The molecule has 0 aromatic heterocycles. The van der Waals surface area contributed by atoms with E-state index in [2.05, 4.69) is 25.2 Å². The molecule has 0 aliphatic carbocycles. The third kappa shape index (κ3) is 5.65. The molecule has 0 fully saturated rings. The van der Waals surface area contributed by atoms with E-state index in [9.17, 15) is 17.2 Å². The van der Waals surface area contributed by atoms with Crippen LogP contribution in [0.15, 0.2) is 60.2 Å². The molecule has 180 valence electrons. The first-order valence-corrected chi connectivity index (χ1v) is 12.8. The standard InChI is InChI=1S/C27H30F2N2O2S/c1-17(2)11-12-30-22-9-7-20(8-10-22)23-13-19(4)24(14-18(23)3)21-15-25(28)27(26(29)16-21)31(5)34(6,32)33/h7-11,13-16,30H,12H2,1-6H3. The summed E-state index contributed by atoms with van der Waals surface area (Å²) in [6.45, 7) is 8.73. The molecular formula is C27H30F2N2O2S. The summed E-state index contributed by atoms with van der Waals surface area (Å²) in [5, 5.41) is 3.36. The van der Waals surface area contributed by atoms with Crippen molar-refractivity contribution in [3.8, 4) is 22.3 Å². The molecule has 0 atom stereocenters. The highest BCUT2D eigenvalue weighted by molar-refractivity contribution is 7.92. The van der Waals surface area contributed by atoms with Crippen LogP contribution in [0.25, 0.3) is 22.3 Å². The summed E-state index contributed by atoms with van der Waals surface area (Å²) in [6, 6.07) is 14.4. The quantitative estimate of drug-likeness (QED) is 0.380. The Bertz CT molecular complexity index is 1320. The number of hydrogen-bond donors (Lipinski definition) is 1. The molecule has 3 aromatic carbocycles. The predicted molar refractivity (Wildman–Crippen MR) is 138 cm³/mol. The van der Waals surface area contributed by atoms with Crippen LogP contribution in [0.4, 0.5) is 20.2 Å². The summed E-state index contributed by atoms with van der Waals surface area (Å²) >= 11 is 0. The lowest BCUT2D eigenvalue weighted by molar-refractivity contribution is 0.575. The van der Waals surface area contributed by atoms with Gasteiger partial charge in [-0.15, -0.1) is 0 Å². The Balaban J connectivity index is 1.94. The molecule has 0 saturated carbocycles. The molecule has 1 N–H and O–H groups in total. The van der Waals surface area contributed by atoms with Crippen molar-refractivity contribution in [1.29, 1.82) is 0 Å². The van der Waals surface area contributed by atoms with Gasteiger partial charge in [-0.1, -0.05) is 35.9 Å². The van der Waals surface area contributed by atoms with Crippen LogP contribution in [-0.4, -0.2) is 28.3 Å². The Morgan fingerprint density at radius 2 is 1.41 bits per heavy atom. The van der Waals surface area contributed by atoms with Crippen molar-refractivity contribution in [3.63, 3.8) is 0 Å². The Kier molecular flexibility index (Phi) is 7.46. The Morgan fingerprint density at radius 1 is 0.912 bits per heavy atom. The van der Waals surface area contributed by atoms with Gasteiger partial charge in [0, 0.05) is 19.3 Å². The van der Waals surface area contributed by atoms with Gasteiger partial charge >= 0.3 is 0 Å². The highest BCUT2D eigenvalue weighted by Gasteiger charge is 2.22. The molecular weight excluding hydrogens is 454 g/mol. The summed E-state index contributed by atoms with van der Waals surface area (Å²) in [5.41, 5.74) is 6.63. The van der Waals surface area contributed by atoms with Gasteiger partial charge in [0.15, 0.2) is 11.6 Å². The van der Waals surface area contributed by atoms with E-state index in [1.165, 1.54) is 17.7 Å². The maximum atomic E-state index is 14.8. The minimum Gasteiger partial charge on any atom is -0.382 e. The number of anilines is 2. The van der Waals surface area contributed by atoms with Crippen LogP contribution in [0, 0.1) is 25.5 Å².